The summed E-state index contributed by atoms with van der Waals surface area (Å²) < 4.78 is 0. The number of hydrogen-bond donors (Lipinski definition) is 3. The number of halogens is 1. The molecule has 0 aliphatic heterocycles. The van der Waals surface area contributed by atoms with Crippen molar-refractivity contribution < 1.29 is 14.7 Å². The summed E-state index contributed by atoms with van der Waals surface area (Å²) in [5, 5.41) is 12.2. The molecule has 1 fully saturated rings. The van der Waals surface area contributed by atoms with Gasteiger partial charge in [-0.3, -0.25) is 4.79 Å². The van der Waals surface area contributed by atoms with Gasteiger partial charge in [0.1, 0.15) is 11.2 Å². The zero-order valence-electron chi connectivity index (χ0n) is 9.29. The van der Waals surface area contributed by atoms with Gasteiger partial charge in [0, 0.05) is 6.20 Å². The zero-order chi connectivity index (χ0) is 12.6. The molecule has 0 radical (unpaired) electrons. The topological polar surface area (TPSA) is 82.2 Å². The fraction of sp³-hybridized carbons (Fsp3) is 0.455. The van der Waals surface area contributed by atoms with Gasteiger partial charge in [-0.1, -0.05) is 11.6 Å². The van der Waals surface area contributed by atoms with Crippen LogP contribution in [0.2, 0.25) is 5.02 Å². The number of nitrogens with one attached hydrogen (secondary N) is 2. The number of amides is 1. The van der Waals surface area contributed by atoms with Gasteiger partial charge in [-0.25, -0.2) is 4.79 Å². The van der Waals surface area contributed by atoms with Crippen molar-refractivity contribution in [3.05, 3.63) is 23.0 Å². The lowest BCUT2D eigenvalue weighted by Gasteiger charge is -2.25. The van der Waals surface area contributed by atoms with Crippen LogP contribution in [0.3, 0.4) is 0 Å². The largest absolute Gasteiger partial charge is 0.480 e. The number of carboxylic acid groups (broad SMARTS) is 1. The minimum Gasteiger partial charge on any atom is -0.480 e. The highest BCUT2D eigenvalue weighted by Gasteiger charge is 2.48. The van der Waals surface area contributed by atoms with E-state index in [9.17, 15) is 14.7 Å². The number of carbonyl (C=O) groups excluding carboxylic acids is 1. The Bertz CT molecular complexity index is 467. The number of carboxylic acids is 1. The Morgan fingerprint density at radius 2 is 2.24 bits per heavy atom. The number of aromatic nitrogens is 1. The molecule has 2 rings (SSSR count). The van der Waals surface area contributed by atoms with Crippen LogP contribution in [0, 0.1) is 5.92 Å². The van der Waals surface area contributed by atoms with E-state index in [2.05, 4.69) is 10.3 Å². The fourth-order valence-corrected chi connectivity index (χ4v) is 1.96. The highest BCUT2D eigenvalue weighted by molar-refractivity contribution is 6.31. The predicted molar refractivity (Wildman–Crippen MR) is 62.0 cm³/mol. The first-order valence-electron chi connectivity index (χ1n) is 5.33. The van der Waals surface area contributed by atoms with Crippen LogP contribution in [-0.2, 0) is 4.79 Å². The van der Waals surface area contributed by atoms with Crippen LogP contribution in [0.15, 0.2) is 12.3 Å². The van der Waals surface area contributed by atoms with E-state index in [0.717, 1.165) is 12.8 Å². The smallest absolute Gasteiger partial charge is 0.329 e. The Kier molecular flexibility index (Phi) is 2.87. The van der Waals surface area contributed by atoms with Gasteiger partial charge in [0.2, 0.25) is 0 Å². The average molecular weight is 257 g/mol. The maximum Gasteiger partial charge on any atom is 0.329 e. The second kappa shape index (κ2) is 4.07. The molecule has 0 aromatic carbocycles. The van der Waals surface area contributed by atoms with Crippen LogP contribution in [0.5, 0.6) is 0 Å². The van der Waals surface area contributed by atoms with Crippen LogP contribution in [-0.4, -0.2) is 27.5 Å². The summed E-state index contributed by atoms with van der Waals surface area (Å²) >= 11 is 5.69. The molecule has 1 heterocycles. The van der Waals surface area contributed by atoms with Crippen LogP contribution >= 0.6 is 11.6 Å². The molecule has 1 aliphatic rings. The molecule has 5 nitrogen and oxygen atoms in total. The van der Waals surface area contributed by atoms with Gasteiger partial charge in [0.15, 0.2) is 0 Å². The maximum atomic E-state index is 11.8. The van der Waals surface area contributed by atoms with E-state index >= 15 is 0 Å². The van der Waals surface area contributed by atoms with Crippen molar-refractivity contribution in [2.45, 2.75) is 25.3 Å². The fourth-order valence-electron chi connectivity index (χ4n) is 1.79. The van der Waals surface area contributed by atoms with Crippen LogP contribution < -0.4 is 5.32 Å². The standard InChI is InChI=1S/C11H13ClN2O3/c1-11(10(16)17,6-2-3-6)14-9(15)8-4-7(12)5-13-8/h4-6,13H,2-3H2,1H3,(H,14,15)(H,16,17). The number of aliphatic carboxylic acids is 1. The summed E-state index contributed by atoms with van der Waals surface area (Å²) in [5.74, 6) is -1.45. The molecule has 3 N–H and O–H groups in total. The lowest BCUT2D eigenvalue weighted by Crippen LogP contribution is -2.54. The second-order valence-corrected chi connectivity index (χ2v) is 4.90. The number of aromatic amines is 1. The van der Waals surface area contributed by atoms with Gasteiger partial charge in [-0.05, 0) is 31.7 Å². The molecule has 0 spiro atoms. The van der Waals surface area contributed by atoms with E-state index in [0.29, 0.717) is 5.02 Å². The van der Waals surface area contributed by atoms with Gasteiger partial charge in [0.25, 0.3) is 5.91 Å². The number of hydrogen-bond acceptors (Lipinski definition) is 2. The molecule has 17 heavy (non-hydrogen) atoms. The van der Waals surface area contributed by atoms with Crippen LogP contribution in [0.1, 0.15) is 30.3 Å². The van der Waals surface area contributed by atoms with Crippen molar-refractivity contribution >= 4 is 23.5 Å². The van der Waals surface area contributed by atoms with Gasteiger partial charge >= 0.3 is 5.97 Å². The summed E-state index contributed by atoms with van der Waals surface area (Å²) in [6.07, 6.45) is 3.13. The molecule has 1 aliphatic carbocycles. The monoisotopic (exact) mass is 256 g/mol. The summed E-state index contributed by atoms with van der Waals surface area (Å²) in [7, 11) is 0. The molecule has 1 aromatic heterocycles. The normalized spacial score (nSPS) is 18.5. The summed E-state index contributed by atoms with van der Waals surface area (Å²) in [5.41, 5.74) is -0.933. The second-order valence-electron chi connectivity index (χ2n) is 4.47. The Balaban J connectivity index is 2.14. The van der Waals surface area contributed by atoms with Gasteiger partial charge in [-0.15, -0.1) is 0 Å². The lowest BCUT2D eigenvalue weighted by atomic mass is 9.96. The highest BCUT2D eigenvalue weighted by Crippen LogP contribution is 2.39. The number of rotatable bonds is 4. The Morgan fingerprint density at radius 3 is 2.65 bits per heavy atom. The first-order valence-corrected chi connectivity index (χ1v) is 5.71. The van der Waals surface area contributed by atoms with Gasteiger partial charge < -0.3 is 15.4 Å². The molecule has 92 valence electrons. The summed E-state index contributed by atoms with van der Waals surface area (Å²) in [4.78, 5) is 25.8. The predicted octanol–water partition coefficient (Wildman–Crippen LogP) is 1.65. The van der Waals surface area contributed by atoms with Crippen LogP contribution in [0.4, 0.5) is 0 Å². The Labute approximate surface area is 103 Å². The van der Waals surface area contributed by atoms with Crippen molar-refractivity contribution in [2.75, 3.05) is 0 Å². The quantitative estimate of drug-likeness (QED) is 0.766. The third-order valence-corrected chi connectivity index (χ3v) is 3.32. The maximum absolute atomic E-state index is 11.8. The minimum atomic E-state index is -1.20. The molecular weight excluding hydrogens is 244 g/mol. The molecule has 0 saturated heterocycles. The molecule has 0 bridgehead atoms. The Morgan fingerprint density at radius 1 is 1.59 bits per heavy atom. The molecule has 1 aromatic rings. The van der Waals surface area contributed by atoms with E-state index in [4.69, 9.17) is 11.6 Å². The van der Waals surface area contributed by atoms with Gasteiger partial charge in [-0.2, -0.15) is 0 Å². The van der Waals surface area contributed by atoms with Crippen LogP contribution in [0.25, 0.3) is 0 Å². The average Bonchev–Trinajstić information content (AvgIpc) is 3.01. The molecule has 1 atom stereocenters. The van der Waals surface area contributed by atoms with E-state index < -0.39 is 17.4 Å². The summed E-state index contributed by atoms with van der Waals surface area (Å²) in [6, 6.07) is 1.46. The van der Waals surface area contributed by atoms with Crippen molar-refractivity contribution in [2.24, 2.45) is 5.92 Å². The molecule has 6 heteroatoms. The first kappa shape index (κ1) is 12.0. The molecule has 1 amide bonds. The van der Waals surface area contributed by atoms with Crippen molar-refractivity contribution in [3.8, 4) is 0 Å². The lowest BCUT2D eigenvalue weighted by molar-refractivity contribution is -0.144. The molecule has 1 unspecified atom stereocenters. The summed E-state index contributed by atoms with van der Waals surface area (Å²) in [6.45, 7) is 1.54. The van der Waals surface area contributed by atoms with Crippen molar-refractivity contribution in [1.82, 2.24) is 10.3 Å². The third-order valence-electron chi connectivity index (χ3n) is 3.10. The Hall–Kier alpha value is -1.49. The van der Waals surface area contributed by atoms with Crippen molar-refractivity contribution in [1.29, 1.82) is 0 Å². The SMILES string of the molecule is CC(NC(=O)c1cc(Cl)c[nH]1)(C(=O)O)C1CC1. The highest BCUT2D eigenvalue weighted by atomic mass is 35.5. The molecular formula is C11H13ClN2O3. The zero-order valence-corrected chi connectivity index (χ0v) is 10.0. The van der Waals surface area contributed by atoms with E-state index in [1.165, 1.54) is 19.2 Å². The number of carbonyl (C=O) groups is 2. The van der Waals surface area contributed by atoms with Gasteiger partial charge in [0.05, 0.1) is 5.02 Å². The van der Waals surface area contributed by atoms with E-state index in [-0.39, 0.29) is 11.6 Å². The first-order chi connectivity index (χ1) is 7.93. The van der Waals surface area contributed by atoms with E-state index in [1.807, 2.05) is 0 Å². The molecule has 1 saturated carbocycles. The van der Waals surface area contributed by atoms with E-state index in [1.54, 1.807) is 0 Å². The third kappa shape index (κ3) is 2.29. The minimum absolute atomic E-state index is 0.00869. The van der Waals surface area contributed by atoms with Crippen molar-refractivity contribution in [3.63, 3.8) is 0 Å². The number of H-pyrrole nitrogens is 1.